The Morgan fingerprint density at radius 1 is 1.00 bits per heavy atom. The molecule has 0 radical (unpaired) electrons. The van der Waals surface area contributed by atoms with E-state index in [4.69, 9.17) is 17.0 Å². The number of morpholine rings is 1. The van der Waals surface area contributed by atoms with E-state index in [2.05, 4.69) is 46.6 Å². The van der Waals surface area contributed by atoms with E-state index in [0.29, 0.717) is 0 Å². The number of hydrogen-bond donors (Lipinski definition) is 1. The van der Waals surface area contributed by atoms with Gasteiger partial charge in [-0.15, -0.1) is 0 Å². The van der Waals surface area contributed by atoms with Crippen molar-refractivity contribution < 1.29 is 4.74 Å². The van der Waals surface area contributed by atoms with Crippen molar-refractivity contribution >= 4 is 22.8 Å². The molecule has 124 valence electrons. The first-order chi connectivity index (χ1) is 11.8. The molecule has 2 aromatic carbocycles. The molecule has 1 aliphatic rings. The standard InChI is InChI=1S/C20H22N2OS/c24-20(22-11-13-23-14-12-22)19(18-9-5-2-6-10-18)16-21-15-17-7-3-1-4-8-17/h1-10,16,21H,11-15H2/b19-16-. The lowest BCUT2D eigenvalue weighted by Crippen LogP contribution is -2.40. The van der Waals surface area contributed by atoms with E-state index in [1.165, 1.54) is 5.56 Å². The molecular weight excluding hydrogens is 316 g/mol. The van der Waals surface area contributed by atoms with Crippen molar-refractivity contribution in [2.24, 2.45) is 0 Å². The summed E-state index contributed by atoms with van der Waals surface area (Å²) in [4.78, 5) is 3.10. The molecule has 24 heavy (non-hydrogen) atoms. The fourth-order valence-electron chi connectivity index (χ4n) is 2.69. The van der Waals surface area contributed by atoms with Crippen molar-refractivity contribution in [1.29, 1.82) is 0 Å². The molecule has 1 saturated heterocycles. The third-order valence-corrected chi connectivity index (χ3v) is 4.49. The first-order valence-electron chi connectivity index (χ1n) is 8.24. The first kappa shape index (κ1) is 16.7. The van der Waals surface area contributed by atoms with Gasteiger partial charge in [-0.3, -0.25) is 0 Å². The lowest BCUT2D eigenvalue weighted by molar-refractivity contribution is 0.0696. The maximum absolute atomic E-state index is 5.77. The summed E-state index contributed by atoms with van der Waals surface area (Å²) in [6.07, 6.45) is 2.04. The van der Waals surface area contributed by atoms with E-state index in [1.54, 1.807) is 0 Å². The monoisotopic (exact) mass is 338 g/mol. The Balaban J connectivity index is 1.76. The summed E-state index contributed by atoms with van der Waals surface area (Å²) in [5, 5.41) is 3.41. The van der Waals surface area contributed by atoms with Crippen LogP contribution in [0.1, 0.15) is 11.1 Å². The molecule has 3 rings (SSSR count). The number of thiocarbonyl (C=S) groups is 1. The van der Waals surface area contributed by atoms with E-state index in [9.17, 15) is 0 Å². The quantitative estimate of drug-likeness (QED) is 0.666. The summed E-state index contributed by atoms with van der Waals surface area (Å²) in [5.41, 5.74) is 3.44. The fraction of sp³-hybridized carbons (Fsp3) is 0.250. The van der Waals surface area contributed by atoms with Gasteiger partial charge in [0.1, 0.15) is 4.99 Å². The average Bonchev–Trinajstić information content (AvgIpc) is 2.67. The van der Waals surface area contributed by atoms with Crippen molar-refractivity contribution in [3.05, 3.63) is 78.0 Å². The number of rotatable bonds is 5. The van der Waals surface area contributed by atoms with Gasteiger partial charge in [-0.1, -0.05) is 72.9 Å². The van der Waals surface area contributed by atoms with Gasteiger partial charge in [0.05, 0.1) is 13.2 Å². The van der Waals surface area contributed by atoms with Crippen LogP contribution in [0.4, 0.5) is 0 Å². The highest BCUT2D eigenvalue weighted by Gasteiger charge is 2.18. The topological polar surface area (TPSA) is 24.5 Å². The average molecular weight is 338 g/mol. The molecule has 0 spiro atoms. The zero-order valence-electron chi connectivity index (χ0n) is 13.7. The Labute approximate surface area is 148 Å². The number of benzene rings is 2. The van der Waals surface area contributed by atoms with Crippen LogP contribution in [-0.2, 0) is 11.3 Å². The number of ether oxygens (including phenoxy) is 1. The van der Waals surface area contributed by atoms with Crippen molar-refractivity contribution in [1.82, 2.24) is 10.2 Å². The Bertz CT molecular complexity index is 679. The molecule has 0 amide bonds. The van der Waals surface area contributed by atoms with Gasteiger partial charge in [0.2, 0.25) is 0 Å². The fourth-order valence-corrected chi connectivity index (χ4v) is 3.05. The zero-order valence-corrected chi connectivity index (χ0v) is 14.5. The van der Waals surface area contributed by atoms with Gasteiger partial charge in [-0.2, -0.15) is 0 Å². The Morgan fingerprint density at radius 2 is 1.62 bits per heavy atom. The van der Waals surface area contributed by atoms with Crippen molar-refractivity contribution in [2.45, 2.75) is 6.54 Å². The molecule has 4 heteroatoms. The molecule has 1 heterocycles. The summed E-state index contributed by atoms with van der Waals surface area (Å²) in [6, 6.07) is 20.7. The lowest BCUT2D eigenvalue weighted by Gasteiger charge is -2.30. The molecule has 1 N–H and O–H groups in total. The van der Waals surface area contributed by atoms with Crippen LogP contribution >= 0.6 is 12.2 Å². The highest BCUT2D eigenvalue weighted by atomic mass is 32.1. The SMILES string of the molecule is S=C(/C(=C\NCc1ccccc1)c1ccccc1)N1CCOCC1. The Hall–Kier alpha value is -2.17. The van der Waals surface area contributed by atoms with Crippen molar-refractivity contribution in [2.75, 3.05) is 26.3 Å². The third kappa shape index (κ3) is 4.43. The van der Waals surface area contributed by atoms with Crippen LogP contribution in [0.2, 0.25) is 0 Å². The summed E-state index contributed by atoms with van der Waals surface area (Å²) < 4.78 is 5.44. The zero-order chi connectivity index (χ0) is 16.6. The molecule has 0 aliphatic carbocycles. The molecule has 3 nitrogen and oxygen atoms in total. The van der Waals surface area contributed by atoms with Crippen LogP contribution in [0.25, 0.3) is 5.57 Å². The minimum Gasteiger partial charge on any atom is -0.386 e. The third-order valence-electron chi connectivity index (χ3n) is 4.01. The second-order valence-electron chi connectivity index (χ2n) is 5.70. The molecule has 0 unspecified atom stereocenters. The second kappa shape index (κ2) is 8.62. The maximum Gasteiger partial charge on any atom is 0.111 e. The van der Waals surface area contributed by atoms with Gasteiger partial charge >= 0.3 is 0 Å². The van der Waals surface area contributed by atoms with Gasteiger partial charge in [0, 0.05) is 31.4 Å². The van der Waals surface area contributed by atoms with Gasteiger partial charge in [-0.05, 0) is 11.1 Å². The van der Waals surface area contributed by atoms with Crippen LogP contribution in [0.15, 0.2) is 66.9 Å². The normalized spacial score (nSPS) is 15.2. The summed E-state index contributed by atoms with van der Waals surface area (Å²) in [7, 11) is 0. The molecule has 0 bridgehead atoms. The van der Waals surface area contributed by atoms with Crippen molar-refractivity contribution in [3.8, 4) is 0 Å². The lowest BCUT2D eigenvalue weighted by atomic mass is 10.1. The molecule has 0 saturated carbocycles. The summed E-state index contributed by atoms with van der Waals surface area (Å²) in [5.74, 6) is 0. The minimum atomic E-state index is 0.736. The predicted octanol–water partition coefficient (Wildman–Crippen LogP) is 3.48. The largest absolute Gasteiger partial charge is 0.386 e. The number of hydrogen-bond acceptors (Lipinski definition) is 3. The van der Waals surface area contributed by atoms with Gasteiger partial charge in [0.15, 0.2) is 0 Å². The van der Waals surface area contributed by atoms with E-state index < -0.39 is 0 Å². The van der Waals surface area contributed by atoms with Crippen LogP contribution in [-0.4, -0.2) is 36.2 Å². The molecule has 0 atom stereocenters. The van der Waals surface area contributed by atoms with E-state index >= 15 is 0 Å². The van der Waals surface area contributed by atoms with E-state index in [-0.39, 0.29) is 0 Å². The highest BCUT2D eigenvalue weighted by Crippen LogP contribution is 2.19. The molecule has 1 aliphatic heterocycles. The van der Waals surface area contributed by atoms with Crippen LogP contribution < -0.4 is 5.32 Å². The summed E-state index contributed by atoms with van der Waals surface area (Å²) >= 11 is 5.77. The van der Waals surface area contributed by atoms with Crippen molar-refractivity contribution in [3.63, 3.8) is 0 Å². The second-order valence-corrected chi connectivity index (χ2v) is 6.08. The molecule has 0 aromatic heterocycles. The smallest absolute Gasteiger partial charge is 0.111 e. The van der Waals surface area contributed by atoms with E-state index in [0.717, 1.165) is 49.0 Å². The first-order valence-corrected chi connectivity index (χ1v) is 8.65. The number of nitrogens with zero attached hydrogens (tertiary/aromatic N) is 1. The molecular formula is C20H22N2OS. The minimum absolute atomic E-state index is 0.736. The van der Waals surface area contributed by atoms with Gasteiger partial charge in [0.25, 0.3) is 0 Å². The number of nitrogens with one attached hydrogen (secondary N) is 1. The Morgan fingerprint density at radius 3 is 2.29 bits per heavy atom. The predicted molar refractivity (Wildman–Crippen MR) is 103 cm³/mol. The van der Waals surface area contributed by atoms with Crippen LogP contribution in [0.5, 0.6) is 0 Å². The highest BCUT2D eigenvalue weighted by molar-refractivity contribution is 7.81. The summed E-state index contributed by atoms with van der Waals surface area (Å²) in [6.45, 7) is 3.95. The van der Waals surface area contributed by atoms with E-state index in [1.807, 2.05) is 30.5 Å². The Kier molecular flexibility index (Phi) is 5.99. The molecule has 2 aromatic rings. The van der Waals surface area contributed by atoms with Gasteiger partial charge in [-0.25, -0.2) is 0 Å². The van der Waals surface area contributed by atoms with Gasteiger partial charge < -0.3 is 15.0 Å². The molecule has 1 fully saturated rings. The van der Waals surface area contributed by atoms with Crippen LogP contribution in [0, 0.1) is 0 Å². The maximum atomic E-state index is 5.77. The van der Waals surface area contributed by atoms with Crippen LogP contribution in [0.3, 0.4) is 0 Å².